The van der Waals surface area contributed by atoms with Crippen LogP contribution in [0.4, 0.5) is 9.93 Å². The Labute approximate surface area is 126 Å². The zero-order valence-corrected chi connectivity index (χ0v) is 12.2. The van der Waals surface area contributed by atoms with Crippen molar-refractivity contribution >= 4 is 32.7 Å². The Kier molecular flexibility index (Phi) is 3.79. The molecular formula is C15H14N4OS. The van der Waals surface area contributed by atoms with E-state index < -0.39 is 0 Å². The number of thiazole rings is 1. The van der Waals surface area contributed by atoms with Crippen LogP contribution in [0.3, 0.4) is 0 Å². The third kappa shape index (κ3) is 3.17. The first kappa shape index (κ1) is 13.5. The molecule has 0 bridgehead atoms. The molecular weight excluding hydrogens is 284 g/mol. The summed E-state index contributed by atoms with van der Waals surface area (Å²) in [6, 6.07) is 11.2. The Hall–Kier alpha value is -2.47. The second kappa shape index (κ2) is 5.88. The van der Waals surface area contributed by atoms with Crippen molar-refractivity contribution in [3.8, 4) is 0 Å². The topological polar surface area (TPSA) is 66.9 Å². The molecule has 1 atom stereocenters. The lowest BCUT2D eigenvalue weighted by Crippen LogP contribution is -2.31. The molecule has 0 spiro atoms. The van der Waals surface area contributed by atoms with Gasteiger partial charge >= 0.3 is 6.03 Å². The van der Waals surface area contributed by atoms with Crippen LogP contribution >= 0.6 is 11.3 Å². The monoisotopic (exact) mass is 298 g/mol. The van der Waals surface area contributed by atoms with Gasteiger partial charge in [0.25, 0.3) is 0 Å². The van der Waals surface area contributed by atoms with E-state index in [1.165, 1.54) is 11.3 Å². The van der Waals surface area contributed by atoms with Crippen LogP contribution in [0.25, 0.3) is 10.2 Å². The smallest absolute Gasteiger partial charge is 0.321 e. The van der Waals surface area contributed by atoms with E-state index in [9.17, 15) is 4.79 Å². The van der Waals surface area contributed by atoms with E-state index in [1.807, 2.05) is 43.3 Å². The SMILES string of the molecule is C[C@H](NC(=O)Nc1nc2ccccc2s1)c1cccnc1. The lowest BCUT2D eigenvalue weighted by molar-refractivity contribution is 0.249. The third-order valence-corrected chi connectivity index (χ3v) is 4.00. The average molecular weight is 298 g/mol. The lowest BCUT2D eigenvalue weighted by atomic mass is 10.1. The van der Waals surface area contributed by atoms with Crippen LogP contribution in [0.2, 0.25) is 0 Å². The first-order chi connectivity index (χ1) is 10.2. The number of benzene rings is 1. The minimum atomic E-state index is -0.273. The van der Waals surface area contributed by atoms with Crippen LogP contribution in [0.1, 0.15) is 18.5 Å². The molecule has 21 heavy (non-hydrogen) atoms. The molecule has 2 N–H and O–H groups in total. The van der Waals surface area contributed by atoms with Crippen molar-refractivity contribution in [1.29, 1.82) is 0 Å². The van der Waals surface area contributed by atoms with Gasteiger partial charge in [0.05, 0.1) is 16.3 Å². The fraction of sp³-hybridized carbons (Fsp3) is 0.133. The van der Waals surface area contributed by atoms with E-state index in [2.05, 4.69) is 20.6 Å². The van der Waals surface area contributed by atoms with Gasteiger partial charge in [-0.2, -0.15) is 0 Å². The van der Waals surface area contributed by atoms with Gasteiger partial charge in [0, 0.05) is 12.4 Å². The van der Waals surface area contributed by atoms with Gasteiger partial charge in [0.2, 0.25) is 0 Å². The number of rotatable bonds is 3. The predicted molar refractivity (Wildman–Crippen MR) is 84.4 cm³/mol. The molecule has 0 saturated heterocycles. The number of para-hydroxylation sites is 1. The van der Waals surface area contributed by atoms with Crippen LogP contribution < -0.4 is 10.6 Å². The van der Waals surface area contributed by atoms with Gasteiger partial charge in [-0.25, -0.2) is 9.78 Å². The van der Waals surface area contributed by atoms with Gasteiger partial charge < -0.3 is 5.32 Å². The molecule has 6 heteroatoms. The Balaban J connectivity index is 1.66. The Morgan fingerprint density at radius 2 is 2.10 bits per heavy atom. The molecule has 2 amide bonds. The Morgan fingerprint density at radius 3 is 2.86 bits per heavy atom. The van der Waals surface area contributed by atoms with Crippen LogP contribution in [-0.4, -0.2) is 16.0 Å². The summed E-state index contributed by atoms with van der Waals surface area (Å²) in [5, 5.41) is 6.22. The zero-order valence-electron chi connectivity index (χ0n) is 11.4. The molecule has 3 rings (SSSR count). The van der Waals surface area contributed by atoms with Crippen molar-refractivity contribution in [2.45, 2.75) is 13.0 Å². The second-order valence-corrected chi connectivity index (χ2v) is 5.62. The highest BCUT2D eigenvalue weighted by Crippen LogP contribution is 2.25. The zero-order chi connectivity index (χ0) is 14.7. The summed E-state index contributed by atoms with van der Waals surface area (Å²) in [4.78, 5) is 20.4. The molecule has 106 valence electrons. The van der Waals surface area contributed by atoms with Crippen LogP contribution in [-0.2, 0) is 0 Å². The minimum absolute atomic E-state index is 0.118. The molecule has 0 aliphatic rings. The highest BCUT2D eigenvalue weighted by atomic mass is 32.1. The number of pyridine rings is 1. The van der Waals surface area contributed by atoms with E-state index >= 15 is 0 Å². The van der Waals surface area contributed by atoms with Crippen molar-refractivity contribution < 1.29 is 4.79 Å². The molecule has 5 nitrogen and oxygen atoms in total. The average Bonchev–Trinajstić information content (AvgIpc) is 2.90. The summed E-state index contributed by atoms with van der Waals surface area (Å²) in [5.74, 6) is 0. The fourth-order valence-corrected chi connectivity index (χ4v) is 2.83. The molecule has 0 saturated carbocycles. The minimum Gasteiger partial charge on any atom is -0.331 e. The van der Waals surface area contributed by atoms with Crippen molar-refractivity contribution in [1.82, 2.24) is 15.3 Å². The lowest BCUT2D eigenvalue weighted by Gasteiger charge is -2.13. The van der Waals surface area contributed by atoms with Crippen LogP contribution in [0.15, 0.2) is 48.8 Å². The van der Waals surface area contributed by atoms with Crippen molar-refractivity contribution in [2.24, 2.45) is 0 Å². The number of nitrogens with zero attached hydrogens (tertiary/aromatic N) is 2. The summed E-state index contributed by atoms with van der Waals surface area (Å²) < 4.78 is 1.05. The van der Waals surface area contributed by atoms with Crippen molar-refractivity contribution in [3.63, 3.8) is 0 Å². The quantitative estimate of drug-likeness (QED) is 0.776. The molecule has 2 heterocycles. The Morgan fingerprint density at radius 1 is 1.24 bits per heavy atom. The first-order valence-electron chi connectivity index (χ1n) is 6.55. The van der Waals surface area contributed by atoms with E-state index in [4.69, 9.17) is 0 Å². The fourth-order valence-electron chi connectivity index (χ4n) is 1.97. The first-order valence-corrected chi connectivity index (χ1v) is 7.37. The molecule has 2 aromatic heterocycles. The van der Waals surface area contributed by atoms with Gasteiger partial charge in [-0.3, -0.25) is 10.3 Å². The number of urea groups is 1. The van der Waals surface area contributed by atoms with Crippen molar-refractivity contribution in [3.05, 3.63) is 54.4 Å². The van der Waals surface area contributed by atoms with E-state index in [0.29, 0.717) is 5.13 Å². The van der Waals surface area contributed by atoms with E-state index in [-0.39, 0.29) is 12.1 Å². The number of amides is 2. The highest BCUT2D eigenvalue weighted by molar-refractivity contribution is 7.22. The summed E-state index contributed by atoms with van der Waals surface area (Å²) in [6.45, 7) is 1.91. The molecule has 0 radical (unpaired) electrons. The molecule has 0 aliphatic carbocycles. The molecule has 1 aromatic carbocycles. The number of carbonyl (C=O) groups is 1. The standard InChI is InChI=1S/C15H14N4OS/c1-10(11-5-4-8-16-9-11)17-14(20)19-15-18-12-6-2-3-7-13(12)21-15/h2-10H,1H3,(H2,17,18,19,20)/t10-/m0/s1. The highest BCUT2D eigenvalue weighted by Gasteiger charge is 2.11. The molecule has 3 aromatic rings. The summed E-state index contributed by atoms with van der Waals surface area (Å²) >= 11 is 1.45. The normalized spacial score (nSPS) is 12.0. The number of carbonyl (C=O) groups excluding carboxylic acids is 1. The number of hydrogen-bond acceptors (Lipinski definition) is 4. The summed E-state index contributed by atoms with van der Waals surface area (Å²) in [6.07, 6.45) is 3.44. The van der Waals surface area contributed by atoms with Gasteiger partial charge in [-0.05, 0) is 30.7 Å². The Bertz CT molecular complexity index is 723. The third-order valence-electron chi connectivity index (χ3n) is 3.05. The summed E-state index contributed by atoms with van der Waals surface area (Å²) in [5.41, 5.74) is 1.84. The number of hydrogen-bond donors (Lipinski definition) is 2. The molecule has 0 aliphatic heterocycles. The van der Waals surface area contributed by atoms with Gasteiger partial charge in [0.1, 0.15) is 0 Å². The van der Waals surface area contributed by atoms with Crippen molar-refractivity contribution in [2.75, 3.05) is 5.32 Å². The van der Waals surface area contributed by atoms with E-state index in [1.54, 1.807) is 12.4 Å². The largest absolute Gasteiger partial charge is 0.331 e. The molecule has 0 unspecified atom stereocenters. The van der Waals surface area contributed by atoms with Gasteiger partial charge in [-0.1, -0.05) is 29.5 Å². The maximum atomic E-state index is 12.0. The van der Waals surface area contributed by atoms with E-state index in [0.717, 1.165) is 15.8 Å². The molecule has 0 fully saturated rings. The second-order valence-electron chi connectivity index (χ2n) is 4.59. The summed E-state index contributed by atoms with van der Waals surface area (Å²) in [7, 11) is 0. The van der Waals surface area contributed by atoms with Crippen LogP contribution in [0.5, 0.6) is 0 Å². The number of aromatic nitrogens is 2. The number of fused-ring (bicyclic) bond motifs is 1. The number of anilines is 1. The van der Waals surface area contributed by atoms with Crippen LogP contribution in [0, 0.1) is 0 Å². The maximum absolute atomic E-state index is 12.0. The predicted octanol–water partition coefficient (Wildman–Crippen LogP) is 3.57. The maximum Gasteiger partial charge on any atom is 0.321 e. The number of nitrogens with one attached hydrogen (secondary N) is 2. The van der Waals surface area contributed by atoms with Gasteiger partial charge in [0.15, 0.2) is 5.13 Å². The van der Waals surface area contributed by atoms with Gasteiger partial charge in [-0.15, -0.1) is 0 Å².